The number of rotatable bonds is 5. The molecule has 1 heterocycles. The molecule has 0 aromatic heterocycles. The minimum atomic E-state index is -0.576. The lowest BCUT2D eigenvalue weighted by atomic mass is 10.1. The third-order valence-electron chi connectivity index (χ3n) is 5.16. The van der Waals surface area contributed by atoms with Gasteiger partial charge in [-0.2, -0.15) is 5.26 Å². The fraction of sp³-hybridized carbons (Fsp3) is 0.115. The van der Waals surface area contributed by atoms with E-state index in [1.54, 1.807) is 24.3 Å². The van der Waals surface area contributed by atoms with Gasteiger partial charge in [0.1, 0.15) is 16.7 Å². The Morgan fingerprint density at radius 2 is 1.73 bits per heavy atom. The van der Waals surface area contributed by atoms with Crippen LogP contribution in [-0.2, 0) is 16.0 Å². The first-order valence-corrected chi connectivity index (χ1v) is 11.5. The van der Waals surface area contributed by atoms with Crippen LogP contribution in [0.5, 0.6) is 0 Å². The first kappa shape index (κ1) is 22.7. The monoisotopic (exact) mass is 473 g/mol. The van der Waals surface area contributed by atoms with Gasteiger partial charge in [-0.3, -0.25) is 14.5 Å². The van der Waals surface area contributed by atoms with Gasteiger partial charge in [0.25, 0.3) is 5.91 Å². The molecule has 0 spiro atoms. The molecule has 1 atom stereocenters. The first-order valence-electron chi connectivity index (χ1n) is 10.3. The number of hydrogen-bond acceptors (Lipinski definition) is 4. The number of nitriles is 1. The van der Waals surface area contributed by atoms with Crippen LogP contribution in [0.15, 0.2) is 89.5 Å². The maximum atomic E-state index is 13.5. The molecule has 1 unspecified atom stereocenters. The fourth-order valence-corrected chi connectivity index (χ4v) is 4.91. The van der Waals surface area contributed by atoms with Crippen LogP contribution in [0.2, 0.25) is 5.02 Å². The first-order chi connectivity index (χ1) is 16.0. The highest BCUT2D eigenvalue weighted by atomic mass is 35.5. The maximum absolute atomic E-state index is 13.5. The number of nitrogens with zero attached hydrogens (tertiary/aromatic N) is 2. The average molecular weight is 474 g/mol. The van der Waals surface area contributed by atoms with Gasteiger partial charge in [0.2, 0.25) is 5.91 Å². The lowest BCUT2D eigenvalue weighted by Gasteiger charge is -2.19. The van der Waals surface area contributed by atoms with E-state index in [9.17, 15) is 14.9 Å². The predicted octanol–water partition coefficient (Wildman–Crippen LogP) is 5.71. The number of anilines is 2. The Morgan fingerprint density at radius 1 is 1.06 bits per heavy atom. The predicted molar refractivity (Wildman–Crippen MR) is 133 cm³/mol. The van der Waals surface area contributed by atoms with Crippen LogP contribution >= 0.6 is 23.4 Å². The van der Waals surface area contributed by atoms with Crippen LogP contribution < -0.4 is 10.2 Å². The number of hydrogen-bond donors (Lipinski definition) is 1. The molecule has 2 amide bonds. The summed E-state index contributed by atoms with van der Waals surface area (Å²) in [6, 6.07) is 25.8. The van der Waals surface area contributed by atoms with Crippen molar-refractivity contribution in [3.63, 3.8) is 0 Å². The van der Waals surface area contributed by atoms with Crippen molar-refractivity contribution in [3.8, 4) is 6.07 Å². The molecule has 7 heteroatoms. The molecule has 1 fully saturated rings. The van der Waals surface area contributed by atoms with Crippen LogP contribution in [0.1, 0.15) is 11.1 Å². The zero-order valence-corrected chi connectivity index (χ0v) is 19.4. The molecule has 0 bridgehead atoms. The molecule has 1 N–H and O–H groups in total. The van der Waals surface area contributed by atoms with Crippen molar-refractivity contribution < 1.29 is 9.59 Å². The molecule has 0 saturated carbocycles. The van der Waals surface area contributed by atoms with Crippen LogP contribution in [0.4, 0.5) is 11.4 Å². The lowest BCUT2D eigenvalue weighted by Crippen LogP contribution is -2.30. The highest BCUT2D eigenvalue weighted by Gasteiger charge is 2.40. The average Bonchev–Trinajstić information content (AvgIpc) is 3.12. The highest BCUT2D eigenvalue weighted by Crippen LogP contribution is 2.42. The summed E-state index contributed by atoms with van der Waals surface area (Å²) in [6.07, 6.45) is 0.494. The standard InChI is InChI=1S/C26H20ClN3O2S/c1-17-7-13-21(14-8-17)30-25(32)23(15-18-5-3-2-4-6-18)33-26(30)22(16-28)24(31)29-20-11-9-19(27)10-12-20/h2-14,23H,15H2,1H3,(H,29,31). The lowest BCUT2D eigenvalue weighted by molar-refractivity contribution is -0.117. The van der Waals surface area contributed by atoms with Crippen molar-refractivity contribution in [2.45, 2.75) is 18.6 Å². The van der Waals surface area contributed by atoms with Gasteiger partial charge in [-0.1, -0.05) is 71.4 Å². The van der Waals surface area contributed by atoms with E-state index in [0.717, 1.165) is 11.1 Å². The molecule has 5 nitrogen and oxygen atoms in total. The Balaban J connectivity index is 1.72. The van der Waals surface area contributed by atoms with Crippen molar-refractivity contribution in [3.05, 3.63) is 106 Å². The summed E-state index contributed by atoms with van der Waals surface area (Å²) in [5.74, 6) is -0.734. The van der Waals surface area contributed by atoms with E-state index >= 15 is 0 Å². The number of halogens is 1. The number of nitrogens with one attached hydrogen (secondary N) is 1. The van der Waals surface area contributed by atoms with Crippen LogP contribution in [0.3, 0.4) is 0 Å². The van der Waals surface area contributed by atoms with Crippen molar-refractivity contribution in [1.29, 1.82) is 5.26 Å². The summed E-state index contributed by atoms with van der Waals surface area (Å²) in [6.45, 7) is 1.96. The second kappa shape index (κ2) is 9.95. The Bertz CT molecular complexity index is 1250. The summed E-state index contributed by atoms with van der Waals surface area (Å²) < 4.78 is 0. The molecular formula is C26H20ClN3O2S. The zero-order valence-electron chi connectivity index (χ0n) is 17.8. The number of aryl methyl sites for hydroxylation is 1. The summed E-state index contributed by atoms with van der Waals surface area (Å²) in [7, 11) is 0. The number of carbonyl (C=O) groups excluding carboxylic acids is 2. The van der Waals surface area contributed by atoms with Crippen molar-refractivity contribution in [1.82, 2.24) is 0 Å². The third-order valence-corrected chi connectivity index (χ3v) is 6.68. The molecule has 0 radical (unpaired) electrons. The van der Waals surface area contributed by atoms with E-state index in [2.05, 4.69) is 5.32 Å². The van der Waals surface area contributed by atoms with Gasteiger partial charge in [0, 0.05) is 16.4 Å². The Hall–Kier alpha value is -3.53. The molecule has 33 heavy (non-hydrogen) atoms. The normalized spacial score (nSPS) is 16.9. The second-order valence-electron chi connectivity index (χ2n) is 7.56. The number of benzene rings is 3. The summed E-state index contributed by atoms with van der Waals surface area (Å²) in [4.78, 5) is 28.0. The topological polar surface area (TPSA) is 73.2 Å². The van der Waals surface area contributed by atoms with Crippen molar-refractivity contribution in [2.75, 3.05) is 10.2 Å². The van der Waals surface area contributed by atoms with E-state index in [1.807, 2.05) is 67.6 Å². The van der Waals surface area contributed by atoms with E-state index in [-0.39, 0.29) is 11.5 Å². The van der Waals surface area contributed by atoms with Gasteiger partial charge in [0.05, 0.1) is 5.25 Å². The Labute approximate surface area is 201 Å². The van der Waals surface area contributed by atoms with Crippen molar-refractivity contribution >= 4 is 46.6 Å². The van der Waals surface area contributed by atoms with Crippen LogP contribution in [0, 0.1) is 18.3 Å². The SMILES string of the molecule is Cc1ccc(N2C(=O)C(Cc3ccccc3)SC2=C(C#N)C(=O)Nc2ccc(Cl)cc2)cc1. The quantitative estimate of drug-likeness (QED) is 0.380. The van der Waals surface area contributed by atoms with E-state index < -0.39 is 11.2 Å². The third kappa shape index (κ3) is 5.11. The maximum Gasteiger partial charge on any atom is 0.269 e. The molecule has 3 aromatic carbocycles. The Morgan fingerprint density at radius 3 is 2.36 bits per heavy atom. The number of carbonyl (C=O) groups is 2. The smallest absolute Gasteiger partial charge is 0.269 e. The zero-order chi connectivity index (χ0) is 23.4. The number of amides is 2. The van der Waals surface area contributed by atoms with Gasteiger partial charge < -0.3 is 5.32 Å². The molecule has 3 aromatic rings. The van der Waals surface area contributed by atoms with Gasteiger partial charge in [-0.05, 0) is 55.3 Å². The fourth-order valence-electron chi connectivity index (χ4n) is 3.47. The van der Waals surface area contributed by atoms with Crippen LogP contribution in [0.25, 0.3) is 0 Å². The molecule has 1 aliphatic rings. The van der Waals surface area contributed by atoms with Gasteiger partial charge in [-0.25, -0.2) is 0 Å². The molecule has 164 valence electrons. The Kier molecular flexibility index (Phi) is 6.83. The van der Waals surface area contributed by atoms with Gasteiger partial charge >= 0.3 is 0 Å². The minimum absolute atomic E-state index is 0.112. The largest absolute Gasteiger partial charge is 0.321 e. The second-order valence-corrected chi connectivity index (χ2v) is 9.19. The van der Waals surface area contributed by atoms with Gasteiger partial charge in [0.15, 0.2) is 0 Å². The molecule has 1 saturated heterocycles. The number of thioether (sulfide) groups is 1. The summed E-state index contributed by atoms with van der Waals surface area (Å²) in [5.41, 5.74) is 3.08. The molecular weight excluding hydrogens is 454 g/mol. The summed E-state index contributed by atoms with van der Waals surface area (Å²) in [5, 5.41) is 13.1. The van der Waals surface area contributed by atoms with E-state index in [1.165, 1.54) is 16.7 Å². The summed E-state index contributed by atoms with van der Waals surface area (Å²) >= 11 is 7.16. The van der Waals surface area contributed by atoms with Crippen molar-refractivity contribution in [2.24, 2.45) is 0 Å². The van der Waals surface area contributed by atoms with Crippen LogP contribution in [-0.4, -0.2) is 17.1 Å². The minimum Gasteiger partial charge on any atom is -0.321 e. The van der Waals surface area contributed by atoms with E-state index in [4.69, 9.17) is 11.6 Å². The molecule has 0 aliphatic carbocycles. The molecule has 4 rings (SSSR count). The highest BCUT2D eigenvalue weighted by molar-refractivity contribution is 8.05. The van der Waals surface area contributed by atoms with E-state index in [0.29, 0.717) is 27.8 Å². The van der Waals surface area contributed by atoms with Gasteiger partial charge in [-0.15, -0.1) is 0 Å². The molecule has 1 aliphatic heterocycles.